The van der Waals surface area contributed by atoms with Gasteiger partial charge in [0.1, 0.15) is 17.2 Å². The van der Waals surface area contributed by atoms with Crippen LogP contribution in [0.25, 0.3) is 0 Å². The maximum atomic E-state index is 13.7. The third-order valence-corrected chi connectivity index (χ3v) is 3.41. The Balaban J connectivity index is 2.28. The van der Waals surface area contributed by atoms with Gasteiger partial charge in [0.2, 0.25) is 0 Å². The highest BCUT2D eigenvalue weighted by molar-refractivity contribution is 6.31. The van der Waals surface area contributed by atoms with Gasteiger partial charge in [-0.25, -0.2) is 8.78 Å². The minimum atomic E-state index is -0.821. The molecule has 1 unspecified atom stereocenters. The number of halogens is 3. The van der Waals surface area contributed by atoms with E-state index in [4.69, 9.17) is 11.6 Å². The van der Waals surface area contributed by atoms with Crippen LogP contribution in [0.4, 0.5) is 14.5 Å². The zero-order chi connectivity index (χ0) is 17.1. The van der Waals surface area contributed by atoms with Gasteiger partial charge in [-0.2, -0.15) is 0 Å². The van der Waals surface area contributed by atoms with Gasteiger partial charge in [0, 0.05) is 22.7 Å². The molecule has 0 aliphatic heterocycles. The smallest absolute Gasteiger partial charge is 0.282 e. The lowest BCUT2D eigenvalue weighted by Crippen LogP contribution is -2.28. The number of nitro benzene ring substituents is 1. The highest BCUT2D eigenvalue weighted by Gasteiger charge is 2.23. The fourth-order valence-electron chi connectivity index (χ4n) is 2.05. The van der Waals surface area contributed by atoms with Crippen LogP contribution in [-0.4, -0.2) is 10.8 Å². The van der Waals surface area contributed by atoms with E-state index in [1.807, 2.05) is 0 Å². The number of nitrogens with one attached hydrogen (secondary N) is 1. The number of amides is 1. The standard InChI is InChI=1S/C15H11ClF2N2O3/c1-8(11-4-3-10(17)7-13(11)18)19-15(21)12-6-9(16)2-5-14(12)20(22)23/h2-8H,1H3,(H,19,21). The van der Waals surface area contributed by atoms with Crippen molar-refractivity contribution in [3.05, 3.63) is 74.3 Å². The molecule has 120 valence electrons. The molecule has 23 heavy (non-hydrogen) atoms. The number of carbonyl (C=O) groups excluding carboxylic acids is 1. The first-order valence-corrected chi connectivity index (χ1v) is 6.87. The minimum Gasteiger partial charge on any atom is -0.345 e. The third kappa shape index (κ3) is 3.81. The molecule has 0 heterocycles. The fourth-order valence-corrected chi connectivity index (χ4v) is 2.23. The van der Waals surface area contributed by atoms with Gasteiger partial charge >= 0.3 is 0 Å². The van der Waals surface area contributed by atoms with E-state index in [-0.39, 0.29) is 16.1 Å². The molecule has 8 heteroatoms. The Kier molecular flexibility index (Phi) is 4.90. The van der Waals surface area contributed by atoms with Gasteiger partial charge in [0.05, 0.1) is 11.0 Å². The molecule has 0 fully saturated rings. The zero-order valence-electron chi connectivity index (χ0n) is 11.8. The maximum Gasteiger partial charge on any atom is 0.282 e. The number of hydrogen-bond donors (Lipinski definition) is 1. The van der Waals surface area contributed by atoms with Crippen molar-refractivity contribution >= 4 is 23.2 Å². The van der Waals surface area contributed by atoms with Crippen LogP contribution in [0, 0.1) is 21.7 Å². The van der Waals surface area contributed by atoms with E-state index >= 15 is 0 Å². The van der Waals surface area contributed by atoms with Crippen LogP contribution in [0.1, 0.15) is 28.9 Å². The summed E-state index contributed by atoms with van der Waals surface area (Å²) >= 11 is 5.76. The Bertz CT molecular complexity index is 783. The van der Waals surface area contributed by atoms with E-state index in [0.29, 0.717) is 6.07 Å². The molecule has 0 aromatic heterocycles. The summed E-state index contributed by atoms with van der Waals surface area (Å²) in [4.78, 5) is 22.5. The second-order valence-corrected chi connectivity index (χ2v) is 5.22. The first-order valence-electron chi connectivity index (χ1n) is 6.49. The maximum absolute atomic E-state index is 13.7. The third-order valence-electron chi connectivity index (χ3n) is 3.18. The quantitative estimate of drug-likeness (QED) is 0.675. The lowest BCUT2D eigenvalue weighted by Gasteiger charge is -2.15. The fraction of sp³-hybridized carbons (Fsp3) is 0.133. The number of carbonyl (C=O) groups is 1. The predicted octanol–water partition coefficient (Wildman–Crippen LogP) is 4.02. The van der Waals surface area contributed by atoms with Crippen molar-refractivity contribution in [2.75, 3.05) is 0 Å². The highest BCUT2D eigenvalue weighted by Crippen LogP contribution is 2.24. The lowest BCUT2D eigenvalue weighted by atomic mass is 10.1. The summed E-state index contributed by atoms with van der Waals surface area (Å²) in [6.07, 6.45) is 0. The Morgan fingerprint density at radius 3 is 2.57 bits per heavy atom. The van der Waals surface area contributed by atoms with Gasteiger partial charge in [-0.15, -0.1) is 0 Å². The van der Waals surface area contributed by atoms with Crippen molar-refractivity contribution in [1.29, 1.82) is 0 Å². The summed E-state index contributed by atoms with van der Waals surface area (Å²) in [5.41, 5.74) is -0.597. The van der Waals surface area contributed by atoms with E-state index in [1.54, 1.807) is 0 Å². The molecule has 5 nitrogen and oxygen atoms in total. The van der Waals surface area contributed by atoms with Gasteiger partial charge in [-0.3, -0.25) is 14.9 Å². The number of benzene rings is 2. The normalized spacial score (nSPS) is 11.8. The minimum absolute atomic E-state index is 0.0597. The molecule has 1 atom stereocenters. The van der Waals surface area contributed by atoms with Crippen LogP contribution < -0.4 is 5.32 Å². The van der Waals surface area contributed by atoms with Gasteiger partial charge in [-0.1, -0.05) is 17.7 Å². The van der Waals surface area contributed by atoms with Crippen molar-refractivity contribution in [2.24, 2.45) is 0 Å². The molecule has 0 radical (unpaired) electrons. The number of nitrogens with zero attached hydrogens (tertiary/aromatic N) is 1. The number of rotatable bonds is 4. The summed E-state index contributed by atoms with van der Waals surface area (Å²) in [5.74, 6) is -2.34. The summed E-state index contributed by atoms with van der Waals surface area (Å²) in [7, 11) is 0. The average molecular weight is 341 g/mol. The van der Waals surface area contributed by atoms with Crippen LogP contribution in [0.3, 0.4) is 0 Å². The lowest BCUT2D eigenvalue weighted by molar-refractivity contribution is -0.385. The molecule has 2 aromatic rings. The highest BCUT2D eigenvalue weighted by atomic mass is 35.5. The second-order valence-electron chi connectivity index (χ2n) is 4.78. The molecular weight excluding hydrogens is 330 g/mol. The molecule has 0 saturated carbocycles. The molecule has 1 N–H and O–H groups in total. The van der Waals surface area contributed by atoms with E-state index < -0.39 is 34.2 Å². The van der Waals surface area contributed by atoms with Crippen LogP contribution >= 0.6 is 11.6 Å². The Morgan fingerprint density at radius 2 is 1.96 bits per heavy atom. The topological polar surface area (TPSA) is 72.2 Å². The van der Waals surface area contributed by atoms with Crippen LogP contribution in [-0.2, 0) is 0 Å². The molecule has 0 saturated heterocycles. The van der Waals surface area contributed by atoms with Gasteiger partial charge in [-0.05, 0) is 25.1 Å². The summed E-state index contributed by atoms with van der Waals surface area (Å²) in [6.45, 7) is 1.48. The van der Waals surface area contributed by atoms with Gasteiger partial charge < -0.3 is 5.32 Å². The Hall–Kier alpha value is -2.54. The van der Waals surface area contributed by atoms with Crippen LogP contribution in [0.5, 0.6) is 0 Å². The molecule has 0 spiro atoms. The van der Waals surface area contributed by atoms with Crippen molar-refractivity contribution in [3.8, 4) is 0 Å². The first kappa shape index (κ1) is 16.8. The largest absolute Gasteiger partial charge is 0.345 e. The van der Waals surface area contributed by atoms with Gasteiger partial charge in [0.15, 0.2) is 0 Å². The Morgan fingerprint density at radius 1 is 1.26 bits per heavy atom. The van der Waals surface area contributed by atoms with E-state index in [2.05, 4.69) is 5.32 Å². The number of nitro groups is 1. The van der Waals surface area contributed by atoms with Gasteiger partial charge in [0.25, 0.3) is 11.6 Å². The van der Waals surface area contributed by atoms with E-state index in [1.165, 1.54) is 19.1 Å². The van der Waals surface area contributed by atoms with Crippen molar-refractivity contribution in [2.45, 2.75) is 13.0 Å². The predicted molar refractivity (Wildman–Crippen MR) is 80.3 cm³/mol. The number of hydrogen-bond acceptors (Lipinski definition) is 3. The Labute approximate surface area is 135 Å². The molecule has 1 amide bonds. The summed E-state index contributed by atoms with van der Waals surface area (Å²) in [6, 6.07) is 5.69. The van der Waals surface area contributed by atoms with Crippen molar-refractivity contribution in [1.82, 2.24) is 5.32 Å². The monoisotopic (exact) mass is 340 g/mol. The van der Waals surface area contributed by atoms with E-state index in [0.717, 1.165) is 18.2 Å². The first-order chi connectivity index (χ1) is 10.8. The molecule has 2 aromatic carbocycles. The molecule has 2 rings (SSSR count). The molecule has 0 bridgehead atoms. The summed E-state index contributed by atoms with van der Waals surface area (Å²) < 4.78 is 26.6. The van der Waals surface area contributed by atoms with Crippen LogP contribution in [0.2, 0.25) is 5.02 Å². The van der Waals surface area contributed by atoms with Crippen LogP contribution in [0.15, 0.2) is 36.4 Å². The molecule has 0 aliphatic rings. The summed E-state index contributed by atoms with van der Waals surface area (Å²) in [5, 5.41) is 13.6. The SMILES string of the molecule is CC(NC(=O)c1cc(Cl)ccc1[N+](=O)[O-])c1ccc(F)cc1F. The van der Waals surface area contributed by atoms with E-state index in [9.17, 15) is 23.7 Å². The zero-order valence-corrected chi connectivity index (χ0v) is 12.6. The van der Waals surface area contributed by atoms with Crippen molar-refractivity contribution in [3.63, 3.8) is 0 Å². The van der Waals surface area contributed by atoms with Crippen molar-refractivity contribution < 1.29 is 18.5 Å². The second kappa shape index (κ2) is 6.70. The average Bonchev–Trinajstić information content (AvgIpc) is 2.46. The molecule has 0 aliphatic carbocycles. The molecular formula is C15H11ClF2N2O3.